The van der Waals surface area contributed by atoms with Crippen molar-refractivity contribution in [3.8, 4) is 17.0 Å². The molecule has 3 aromatic rings. The van der Waals surface area contributed by atoms with Gasteiger partial charge in [0.2, 0.25) is 11.8 Å². The molecule has 1 unspecified atom stereocenters. The maximum Gasteiger partial charge on any atom is 0.239 e. The number of amides is 2. The van der Waals surface area contributed by atoms with Crippen LogP contribution in [0.1, 0.15) is 33.1 Å². The summed E-state index contributed by atoms with van der Waals surface area (Å²) in [6.07, 6.45) is 2.37. The summed E-state index contributed by atoms with van der Waals surface area (Å²) in [5.74, 6) is 0.673. The molecule has 1 aromatic heterocycles. The smallest absolute Gasteiger partial charge is 0.239 e. The maximum atomic E-state index is 12.7. The van der Waals surface area contributed by atoms with Crippen LogP contribution in [-0.4, -0.2) is 29.2 Å². The van der Waals surface area contributed by atoms with Crippen molar-refractivity contribution in [2.24, 2.45) is 0 Å². The maximum absolute atomic E-state index is 12.7. The van der Waals surface area contributed by atoms with E-state index in [-0.39, 0.29) is 17.1 Å². The van der Waals surface area contributed by atoms with Crippen LogP contribution in [0.2, 0.25) is 0 Å². The number of hydrogen-bond acceptors (Lipinski definition) is 6. The van der Waals surface area contributed by atoms with Gasteiger partial charge in [-0.05, 0) is 55.8 Å². The number of hydrogen-bond donors (Lipinski definition) is 2. The van der Waals surface area contributed by atoms with E-state index in [1.54, 1.807) is 7.11 Å². The summed E-state index contributed by atoms with van der Waals surface area (Å²) in [4.78, 5) is 30.1. The Kier molecular flexibility index (Phi) is 8.70. The number of thioether (sulfide) groups is 1. The van der Waals surface area contributed by atoms with Crippen molar-refractivity contribution < 1.29 is 14.3 Å². The third-order valence-corrected chi connectivity index (χ3v) is 6.53. The number of unbranched alkanes of at least 4 members (excludes halogenated alkanes) is 1. The Labute approximate surface area is 196 Å². The summed E-state index contributed by atoms with van der Waals surface area (Å²) in [5, 5.41) is 7.97. The van der Waals surface area contributed by atoms with Crippen LogP contribution < -0.4 is 15.4 Å². The van der Waals surface area contributed by atoms with Crippen LogP contribution in [0.25, 0.3) is 11.3 Å². The van der Waals surface area contributed by atoms with E-state index >= 15 is 0 Å². The number of nitrogens with zero attached hydrogens (tertiary/aromatic N) is 1. The highest BCUT2D eigenvalue weighted by Gasteiger charge is 2.17. The lowest BCUT2D eigenvalue weighted by Crippen LogP contribution is -2.22. The predicted octanol–water partition coefficient (Wildman–Crippen LogP) is 6.07. The lowest BCUT2D eigenvalue weighted by Gasteiger charge is -2.12. The molecule has 8 heteroatoms. The monoisotopic (exact) mass is 469 g/mol. The zero-order chi connectivity index (χ0) is 22.9. The van der Waals surface area contributed by atoms with Crippen molar-refractivity contribution in [1.82, 2.24) is 4.98 Å². The Morgan fingerprint density at radius 3 is 2.66 bits per heavy atom. The molecular weight excluding hydrogens is 442 g/mol. The molecule has 0 bridgehead atoms. The topological polar surface area (TPSA) is 80.3 Å². The molecule has 2 N–H and O–H groups in total. The molecular formula is C24H27N3O3S2. The first kappa shape index (κ1) is 23.8. The van der Waals surface area contributed by atoms with Crippen LogP contribution in [0.15, 0.2) is 58.8 Å². The summed E-state index contributed by atoms with van der Waals surface area (Å²) in [6, 6.07) is 15.2. The van der Waals surface area contributed by atoms with Crippen LogP contribution in [0.4, 0.5) is 10.8 Å². The van der Waals surface area contributed by atoms with Gasteiger partial charge in [-0.1, -0.05) is 19.4 Å². The molecule has 168 valence electrons. The van der Waals surface area contributed by atoms with E-state index < -0.39 is 0 Å². The Hall–Kier alpha value is -2.84. The molecule has 0 fully saturated rings. The molecule has 1 atom stereocenters. The largest absolute Gasteiger partial charge is 0.497 e. The molecule has 6 nitrogen and oxygen atoms in total. The van der Waals surface area contributed by atoms with Crippen LogP contribution in [-0.2, 0) is 9.59 Å². The lowest BCUT2D eigenvalue weighted by molar-refractivity contribution is -0.116. The van der Waals surface area contributed by atoms with Gasteiger partial charge < -0.3 is 15.4 Å². The summed E-state index contributed by atoms with van der Waals surface area (Å²) in [7, 11) is 1.63. The van der Waals surface area contributed by atoms with Gasteiger partial charge in [-0.3, -0.25) is 9.59 Å². The number of benzene rings is 2. The van der Waals surface area contributed by atoms with Gasteiger partial charge in [0.1, 0.15) is 5.75 Å². The van der Waals surface area contributed by atoms with Crippen LogP contribution in [0, 0.1) is 0 Å². The van der Waals surface area contributed by atoms with Crippen LogP contribution in [0.5, 0.6) is 5.75 Å². The minimum absolute atomic E-state index is 0.0104. The SMILES string of the molecule is CCCCC(=O)Nc1cccc(SC(C)C(=O)Nc2nc(-c3ccc(OC)cc3)cs2)c1. The normalized spacial score (nSPS) is 11.6. The highest BCUT2D eigenvalue weighted by Crippen LogP contribution is 2.29. The zero-order valence-electron chi connectivity index (χ0n) is 18.4. The Morgan fingerprint density at radius 2 is 1.94 bits per heavy atom. The highest BCUT2D eigenvalue weighted by molar-refractivity contribution is 8.00. The fourth-order valence-corrected chi connectivity index (χ4v) is 4.55. The molecule has 0 saturated carbocycles. The number of ether oxygens (including phenoxy) is 1. The van der Waals surface area contributed by atoms with Gasteiger partial charge >= 0.3 is 0 Å². The van der Waals surface area contributed by atoms with E-state index in [4.69, 9.17) is 4.74 Å². The number of aromatic nitrogens is 1. The number of methoxy groups -OCH3 is 1. The second kappa shape index (κ2) is 11.7. The van der Waals surface area contributed by atoms with E-state index in [1.807, 2.05) is 60.8 Å². The minimum atomic E-state index is -0.325. The van der Waals surface area contributed by atoms with Crippen molar-refractivity contribution in [1.29, 1.82) is 0 Å². The first-order valence-electron chi connectivity index (χ1n) is 10.5. The second-order valence-corrected chi connectivity index (χ2v) is 9.47. The standard InChI is InChI=1S/C24H27N3O3S2/c1-4-5-9-22(28)25-18-7-6-8-20(14-18)32-16(2)23(29)27-24-26-21(15-31-24)17-10-12-19(30-3)13-11-17/h6-8,10-16H,4-5,9H2,1-3H3,(H,25,28)(H,26,27,29). The Bertz CT molecular complexity index is 1050. The number of anilines is 2. The second-order valence-electron chi connectivity index (χ2n) is 7.20. The van der Waals surface area contributed by atoms with Crippen molar-refractivity contribution in [3.63, 3.8) is 0 Å². The molecule has 0 aliphatic heterocycles. The van der Waals surface area contributed by atoms with Gasteiger partial charge in [-0.25, -0.2) is 4.98 Å². The quantitative estimate of drug-likeness (QED) is 0.352. The molecule has 0 aliphatic rings. The van der Waals surface area contributed by atoms with E-state index in [9.17, 15) is 9.59 Å². The summed E-state index contributed by atoms with van der Waals surface area (Å²) in [5.41, 5.74) is 2.51. The molecule has 0 radical (unpaired) electrons. The number of carbonyl (C=O) groups excluding carboxylic acids is 2. The third-order valence-electron chi connectivity index (χ3n) is 4.68. The van der Waals surface area contributed by atoms with Gasteiger partial charge in [0, 0.05) is 27.9 Å². The molecule has 0 spiro atoms. The summed E-state index contributed by atoms with van der Waals surface area (Å²) >= 11 is 2.83. The highest BCUT2D eigenvalue weighted by atomic mass is 32.2. The summed E-state index contributed by atoms with van der Waals surface area (Å²) < 4.78 is 5.18. The average molecular weight is 470 g/mol. The molecule has 32 heavy (non-hydrogen) atoms. The van der Waals surface area contributed by atoms with Gasteiger partial charge in [-0.2, -0.15) is 0 Å². The molecule has 2 aromatic carbocycles. The van der Waals surface area contributed by atoms with E-state index in [1.165, 1.54) is 23.1 Å². The number of nitrogens with one attached hydrogen (secondary N) is 2. The van der Waals surface area contributed by atoms with Crippen molar-refractivity contribution >= 4 is 45.7 Å². The van der Waals surface area contributed by atoms with Gasteiger partial charge in [0.15, 0.2) is 5.13 Å². The molecule has 0 aliphatic carbocycles. The fourth-order valence-electron chi connectivity index (χ4n) is 2.90. The van der Waals surface area contributed by atoms with Crippen LogP contribution in [0.3, 0.4) is 0 Å². The first-order valence-corrected chi connectivity index (χ1v) is 12.2. The van der Waals surface area contributed by atoms with Gasteiger partial charge in [0.25, 0.3) is 0 Å². The molecule has 0 saturated heterocycles. The van der Waals surface area contributed by atoms with Crippen LogP contribution >= 0.6 is 23.1 Å². The molecule has 1 heterocycles. The molecule has 3 rings (SSSR count). The number of thiazole rings is 1. The Morgan fingerprint density at radius 1 is 1.16 bits per heavy atom. The van der Waals surface area contributed by atoms with Crippen molar-refractivity contribution in [3.05, 3.63) is 53.9 Å². The van der Waals surface area contributed by atoms with Gasteiger partial charge in [-0.15, -0.1) is 23.1 Å². The van der Waals surface area contributed by atoms with E-state index in [2.05, 4.69) is 22.5 Å². The summed E-state index contributed by atoms with van der Waals surface area (Å²) in [6.45, 7) is 3.91. The minimum Gasteiger partial charge on any atom is -0.497 e. The van der Waals surface area contributed by atoms with Crippen molar-refractivity contribution in [2.75, 3.05) is 17.7 Å². The average Bonchev–Trinajstić information content (AvgIpc) is 3.26. The fraction of sp³-hybridized carbons (Fsp3) is 0.292. The zero-order valence-corrected chi connectivity index (χ0v) is 20.0. The molecule has 2 amide bonds. The Balaban J connectivity index is 1.56. The predicted molar refractivity (Wildman–Crippen MR) is 133 cm³/mol. The van der Waals surface area contributed by atoms with E-state index in [0.29, 0.717) is 11.6 Å². The van der Waals surface area contributed by atoms with Crippen molar-refractivity contribution in [2.45, 2.75) is 43.3 Å². The van der Waals surface area contributed by atoms with E-state index in [0.717, 1.165) is 40.4 Å². The first-order chi connectivity index (χ1) is 15.5. The lowest BCUT2D eigenvalue weighted by atomic mass is 10.2. The number of carbonyl (C=O) groups is 2. The third kappa shape index (κ3) is 6.83. The number of rotatable bonds is 10. The van der Waals surface area contributed by atoms with Gasteiger partial charge in [0.05, 0.1) is 18.1 Å².